The number of nitrogens with one attached hydrogen (secondary N) is 1. The van der Waals surface area contributed by atoms with Gasteiger partial charge < -0.3 is 14.5 Å². The van der Waals surface area contributed by atoms with Crippen molar-refractivity contribution < 1.29 is 9.47 Å². The van der Waals surface area contributed by atoms with Crippen LogP contribution in [0.3, 0.4) is 0 Å². The Hall–Kier alpha value is -2.68. The highest BCUT2D eigenvalue weighted by Gasteiger charge is 2.07. The van der Waals surface area contributed by atoms with E-state index in [0.717, 1.165) is 11.3 Å². The summed E-state index contributed by atoms with van der Waals surface area (Å²) in [7, 11) is 0. The van der Waals surface area contributed by atoms with E-state index in [4.69, 9.17) is 9.47 Å². The van der Waals surface area contributed by atoms with Crippen LogP contribution < -0.4 is 9.47 Å². The Morgan fingerprint density at radius 3 is 2.25 bits per heavy atom. The van der Waals surface area contributed by atoms with Crippen LogP contribution >= 0.6 is 0 Å². The van der Waals surface area contributed by atoms with E-state index in [-0.39, 0.29) is 0 Å². The van der Waals surface area contributed by atoms with Gasteiger partial charge in [0.05, 0.1) is 0 Å². The van der Waals surface area contributed by atoms with Gasteiger partial charge in [-0.05, 0) is 17.7 Å². The average Bonchev–Trinajstić information content (AvgIpc) is 2.94. The zero-order valence-electron chi connectivity index (χ0n) is 11.0. The Bertz CT molecular complexity index is 647. The van der Waals surface area contributed by atoms with Gasteiger partial charge in [-0.2, -0.15) is 0 Å². The van der Waals surface area contributed by atoms with E-state index in [2.05, 4.69) is 4.98 Å². The van der Waals surface area contributed by atoms with E-state index < -0.39 is 0 Å². The first-order valence-corrected chi connectivity index (χ1v) is 6.49. The molecule has 0 saturated heterocycles. The van der Waals surface area contributed by atoms with Gasteiger partial charge in [-0.3, -0.25) is 0 Å². The molecule has 0 unspecified atom stereocenters. The molecule has 1 aromatic heterocycles. The second kappa shape index (κ2) is 5.97. The highest BCUT2D eigenvalue weighted by molar-refractivity contribution is 5.38. The Morgan fingerprint density at radius 2 is 1.50 bits per heavy atom. The maximum atomic E-state index is 5.78. The Morgan fingerprint density at radius 1 is 0.800 bits per heavy atom. The van der Waals surface area contributed by atoms with Crippen molar-refractivity contribution in [1.82, 2.24) is 4.98 Å². The summed E-state index contributed by atoms with van der Waals surface area (Å²) in [6.07, 6.45) is 1.80. The van der Waals surface area contributed by atoms with Gasteiger partial charge in [0.25, 0.3) is 0 Å². The lowest BCUT2D eigenvalue weighted by atomic mass is 10.2. The summed E-state index contributed by atoms with van der Waals surface area (Å²) in [4.78, 5) is 3.05. The van der Waals surface area contributed by atoms with Crippen molar-refractivity contribution in [2.24, 2.45) is 0 Å². The van der Waals surface area contributed by atoms with Crippen LogP contribution in [0.1, 0.15) is 5.56 Å². The first-order valence-electron chi connectivity index (χ1n) is 6.49. The van der Waals surface area contributed by atoms with Gasteiger partial charge in [-0.1, -0.05) is 48.5 Å². The number of hydrogen-bond donors (Lipinski definition) is 1. The van der Waals surface area contributed by atoms with Crippen LogP contribution in [0, 0.1) is 0 Å². The minimum Gasteiger partial charge on any atom is -0.471 e. The van der Waals surface area contributed by atoms with Crippen molar-refractivity contribution >= 4 is 0 Å². The summed E-state index contributed by atoms with van der Waals surface area (Å²) in [5.74, 6) is 2.11. The molecule has 3 aromatic rings. The van der Waals surface area contributed by atoms with E-state index in [0.29, 0.717) is 18.2 Å². The van der Waals surface area contributed by atoms with Crippen molar-refractivity contribution in [1.29, 1.82) is 0 Å². The molecular weight excluding hydrogens is 250 g/mol. The smallest absolute Gasteiger partial charge is 0.235 e. The molecule has 0 aliphatic carbocycles. The topological polar surface area (TPSA) is 34.2 Å². The van der Waals surface area contributed by atoms with Crippen molar-refractivity contribution in [3.63, 3.8) is 0 Å². The van der Waals surface area contributed by atoms with Gasteiger partial charge in [0.15, 0.2) is 5.75 Å². The van der Waals surface area contributed by atoms with Crippen LogP contribution in [0.4, 0.5) is 0 Å². The number of hydrogen-bond acceptors (Lipinski definition) is 2. The molecule has 2 aromatic carbocycles. The van der Waals surface area contributed by atoms with E-state index >= 15 is 0 Å². The van der Waals surface area contributed by atoms with E-state index in [1.54, 1.807) is 6.20 Å². The van der Waals surface area contributed by atoms with Gasteiger partial charge >= 0.3 is 0 Å². The molecular formula is C17H15NO2. The molecule has 0 spiro atoms. The molecule has 0 saturated carbocycles. The third-order valence-electron chi connectivity index (χ3n) is 2.87. The average molecular weight is 265 g/mol. The van der Waals surface area contributed by atoms with Crippen molar-refractivity contribution in [2.75, 3.05) is 0 Å². The van der Waals surface area contributed by atoms with Crippen molar-refractivity contribution in [2.45, 2.75) is 6.61 Å². The van der Waals surface area contributed by atoms with Crippen molar-refractivity contribution in [3.8, 4) is 17.4 Å². The molecule has 0 radical (unpaired) electrons. The second-order valence-corrected chi connectivity index (χ2v) is 4.36. The molecule has 20 heavy (non-hydrogen) atoms. The van der Waals surface area contributed by atoms with Gasteiger partial charge in [0.2, 0.25) is 5.88 Å². The number of aromatic nitrogens is 1. The summed E-state index contributed by atoms with van der Waals surface area (Å²) in [5, 5.41) is 0. The fourth-order valence-corrected chi connectivity index (χ4v) is 1.88. The normalized spacial score (nSPS) is 10.2. The fraction of sp³-hybridized carbons (Fsp3) is 0.0588. The minimum absolute atomic E-state index is 0.506. The molecule has 0 fully saturated rings. The quantitative estimate of drug-likeness (QED) is 0.742. The summed E-state index contributed by atoms with van der Waals surface area (Å²) in [6.45, 7) is 0.506. The first kappa shape index (κ1) is 12.4. The zero-order valence-corrected chi connectivity index (χ0v) is 11.0. The van der Waals surface area contributed by atoms with Gasteiger partial charge in [0.1, 0.15) is 12.4 Å². The van der Waals surface area contributed by atoms with Gasteiger partial charge in [0, 0.05) is 12.3 Å². The van der Waals surface area contributed by atoms with E-state index in [9.17, 15) is 0 Å². The molecule has 0 aliphatic rings. The predicted molar refractivity (Wildman–Crippen MR) is 78.1 cm³/mol. The number of rotatable bonds is 5. The highest BCUT2D eigenvalue weighted by Crippen LogP contribution is 2.30. The monoisotopic (exact) mass is 265 g/mol. The first-order chi connectivity index (χ1) is 9.92. The predicted octanol–water partition coefficient (Wildman–Crippen LogP) is 4.39. The molecule has 0 bridgehead atoms. The van der Waals surface area contributed by atoms with Crippen LogP contribution in [0.25, 0.3) is 0 Å². The summed E-state index contributed by atoms with van der Waals surface area (Å²) in [6, 6.07) is 21.5. The van der Waals surface area contributed by atoms with Crippen LogP contribution in [-0.4, -0.2) is 4.98 Å². The number of benzene rings is 2. The molecule has 1 N–H and O–H groups in total. The molecule has 0 aliphatic heterocycles. The minimum atomic E-state index is 0.506. The number of para-hydroxylation sites is 1. The standard InChI is InChI=1S/C17H15NO2/c1-3-7-14(8-4-1)13-19-17-16(11-12-18-17)20-15-9-5-2-6-10-15/h1-12,18H,13H2. The molecule has 3 heteroatoms. The fourth-order valence-electron chi connectivity index (χ4n) is 1.88. The van der Waals surface area contributed by atoms with Crippen LogP contribution in [-0.2, 0) is 6.61 Å². The third kappa shape index (κ3) is 3.01. The lowest BCUT2D eigenvalue weighted by molar-refractivity contribution is 0.282. The number of ether oxygens (including phenoxy) is 2. The second-order valence-electron chi connectivity index (χ2n) is 4.36. The van der Waals surface area contributed by atoms with Gasteiger partial charge in [-0.25, -0.2) is 0 Å². The zero-order chi connectivity index (χ0) is 13.6. The molecule has 1 heterocycles. The molecule has 100 valence electrons. The maximum absolute atomic E-state index is 5.78. The number of aromatic amines is 1. The van der Waals surface area contributed by atoms with Crippen molar-refractivity contribution in [3.05, 3.63) is 78.5 Å². The Balaban J connectivity index is 1.68. The molecule has 3 nitrogen and oxygen atoms in total. The lowest BCUT2D eigenvalue weighted by Gasteiger charge is -2.08. The maximum Gasteiger partial charge on any atom is 0.235 e. The summed E-state index contributed by atoms with van der Waals surface area (Å²) < 4.78 is 11.5. The SMILES string of the molecule is c1ccc(COc2[nH]ccc2Oc2ccccc2)cc1. The highest BCUT2D eigenvalue weighted by atomic mass is 16.5. The Labute approximate surface area is 117 Å². The molecule has 0 atom stereocenters. The number of H-pyrrole nitrogens is 1. The Kier molecular flexibility index (Phi) is 3.69. The molecule has 0 amide bonds. The summed E-state index contributed by atoms with van der Waals surface area (Å²) in [5.41, 5.74) is 1.12. The summed E-state index contributed by atoms with van der Waals surface area (Å²) >= 11 is 0. The van der Waals surface area contributed by atoms with E-state index in [1.807, 2.05) is 66.7 Å². The lowest BCUT2D eigenvalue weighted by Crippen LogP contribution is -1.96. The van der Waals surface area contributed by atoms with Gasteiger partial charge in [-0.15, -0.1) is 0 Å². The third-order valence-corrected chi connectivity index (χ3v) is 2.87. The van der Waals surface area contributed by atoms with Crippen LogP contribution in [0.5, 0.6) is 17.4 Å². The van der Waals surface area contributed by atoms with Crippen LogP contribution in [0.15, 0.2) is 72.9 Å². The van der Waals surface area contributed by atoms with E-state index in [1.165, 1.54) is 0 Å². The largest absolute Gasteiger partial charge is 0.471 e. The van der Waals surface area contributed by atoms with Crippen LogP contribution in [0.2, 0.25) is 0 Å². The molecule has 3 rings (SSSR count).